The Morgan fingerprint density at radius 3 is 2.19 bits per heavy atom. The van der Waals surface area contributed by atoms with Crippen molar-refractivity contribution in [2.45, 2.75) is 71.2 Å². The van der Waals surface area contributed by atoms with Crippen LogP contribution in [0.15, 0.2) is 0 Å². The Bertz CT molecular complexity index is 655. The van der Waals surface area contributed by atoms with E-state index in [2.05, 4.69) is 36.6 Å². The van der Waals surface area contributed by atoms with Crippen LogP contribution in [0.25, 0.3) is 0 Å². The van der Waals surface area contributed by atoms with Gasteiger partial charge in [0.05, 0.1) is 13.2 Å². The van der Waals surface area contributed by atoms with E-state index in [4.69, 9.17) is 9.47 Å². The molecule has 2 heterocycles. The molecule has 2 rings (SSSR count). The van der Waals surface area contributed by atoms with Crippen LogP contribution in [0.1, 0.15) is 47.5 Å². The number of ether oxygens (including phenoxy) is 2. The largest absolute Gasteiger partial charge is 0.453 e. The van der Waals surface area contributed by atoms with Gasteiger partial charge in [-0.1, -0.05) is 0 Å². The zero-order valence-electron chi connectivity index (χ0n) is 20.0. The summed E-state index contributed by atoms with van der Waals surface area (Å²) in [7, 11) is 1.41. The Balaban J connectivity index is 1.81. The predicted molar refractivity (Wildman–Crippen MR) is 118 cm³/mol. The highest BCUT2D eigenvalue weighted by molar-refractivity contribution is 5.69. The van der Waals surface area contributed by atoms with Crippen LogP contribution in [-0.4, -0.2) is 108 Å². The van der Waals surface area contributed by atoms with E-state index in [0.29, 0.717) is 38.3 Å². The molecule has 1 unspecified atom stereocenters. The summed E-state index contributed by atoms with van der Waals surface area (Å²) < 4.78 is 10.6. The molecule has 0 aliphatic carbocycles. The first kappa shape index (κ1) is 25.2. The molecule has 0 aromatic carbocycles. The Labute approximate surface area is 186 Å². The first-order chi connectivity index (χ1) is 14.6. The predicted octanol–water partition coefficient (Wildman–Crippen LogP) is 2.37. The van der Waals surface area contributed by atoms with Gasteiger partial charge in [-0.05, 0) is 47.5 Å². The van der Waals surface area contributed by atoms with E-state index in [1.165, 1.54) is 7.11 Å². The lowest BCUT2D eigenvalue weighted by Crippen LogP contribution is -2.57. The highest BCUT2D eigenvalue weighted by atomic mass is 16.6. The van der Waals surface area contributed by atoms with Gasteiger partial charge in [-0.25, -0.2) is 9.59 Å². The van der Waals surface area contributed by atoms with E-state index in [1.807, 2.05) is 13.8 Å². The van der Waals surface area contributed by atoms with Gasteiger partial charge in [0.25, 0.3) is 0 Å². The van der Waals surface area contributed by atoms with Crippen molar-refractivity contribution in [2.24, 2.45) is 0 Å². The molecule has 0 aromatic rings. The Kier molecular flexibility index (Phi) is 8.95. The summed E-state index contributed by atoms with van der Waals surface area (Å²) >= 11 is 0. The van der Waals surface area contributed by atoms with Gasteiger partial charge >= 0.3 is 12.2 Å². The lowest BCUT2D eigenvalue weighted by Gasteiger charge is -2.41. The van der Waals surface area contributed by atoms with Crippen LogP contribution in [-0.2, 0) is 9.47 Å². The fourth-order valence-electron chi connectivity index (χ4n) is 4.16. The molecule has 2 saturated heterocycles. The number of nitriles is 1. The smallest absolute Gasteiger partial charge is 0.411 e. The maximum Gasteiger partial charge on any atom is 0.411 e. The molecule has 31 heavy (non-hydrogen) atoms. The van der Waals surface area contributed by atoms with Gasteiger partial charge in [-0.2, -0.15) is 5.26 Å². The molecule has 0 saturated carbocycles. The number of methoxy groups -OCH3 is 1. The van der Waals surface area contributed by atoms with E-state index < -0.39 is 17.7 Å². The number of carbonyl (C=O) groups excluding carboxylic acids is 2. The van der Waals surface area contributed by atoms with Crippen molar-refractivity contribution < 1.29 is 19.1 Å². The lowest BCUT2D eigenvalue weighted by atomic mass is 9.98. The fourth-order valence-corrected chi connectivity index (χ4v) is 4.16. The number of nitrogens with zero attached hydrogens (tertiary/aromatic N) is 5. The van der Waals surface area contributed by atoms with Crippen molar-refractivity contribution in [1.29, 1.82) is 5.26 Å². The zero-order chi connectivity index (χ0) is 23.2. The van der Waals surface area contributed by atoms with Gasteiger partial charge in [-0.15, -0.1) is 0 Å². The third-order valence-corrected chi connectivity index (χ3v) is 6.42. The monoisotopic (exact) mass is 437 g/mol. The SMILES string of the molecule is COC(=O)N1CCN(C(C)CCC(C)(C)OC(=O)N2CCN(C(C)C)C[C@@H]2C#N)CC1. The third kappa shape index (κ3) is 6.97. The van der Waals surface area contributed by atoms with Gasteiger partial charge in [-0.3, -0.25) is 14.7 Å². The number of hydrogen-bond acceptors (Lipinski definition) is 7. The average Bonchev–Trinajstić information content (AvgIpc) is 2.76. The normalized spacial score (nSPS) is 22.2. The lowest BCUT2D eigenvalue weighted by molar-refractivity contribution is -0.0142. The van der Waals surface area contributed by atoms with Crippen molar-refractivity contribution in [2.75, 3.05) is 52.9 Å². The Morgan fingerprint density at radius 1 is 1.03 bits per heavy atom. The maximum absolute atomic E-state index is 12.8. The van der Waals surface area contributed by atoms with Gasteiger partial charge < -0.3 is 14.4 Å². The molecule has 2 atom stereocenters. The minimum atomic E-state index is -0.617. The van der Waals surface area contributed by atoms with Crippen LogP contribution < -0.4 is 0 Å². The first-order valence-corrected chi connectivity index (χ1v) is 11.3. The summed E-state index contributed by atoms with van der Waals surface area (Å²) in [6.07, 6.45) is 0.922. The van der Waals surface area contributed by atoms with E-state index in [9.17, 15) is 14.9 Å². The van der Waals surface area contributed by atoms with E-state index in [0.717, 1.165) is 32.5 Å². The molecule has 0 N–H and O–H groups in total. The van der Waals surface area contributed by atoms with Gasteiger partial charge in [0.15, 0.2) is 0 Å². The maximum atomic E-state index is 12.8. The van der Waals surface area contributed by atoms with Crippen LogP contribution in [0.4, 0.5) is 9.59 Å². The number of carbonyl (C=O) groups is 2. The van der Waals surface area contributed by atoms with E-state index in [-0.39, 0.29) is 6.09 Å². The summed E-state index contributed by atoms with van der Waals surface area (Å²) in [5.41, 5.74) is -0.617. The summed E-state index contributed by atoms with van der Waals surface area (Å²) in [5.74, 6) is 0. The second kappa shape index (κ2) is 11.0. The minimum absolute atomic E-state index is 0.273. The summed E-state index contributed by atoms with van der Waals surface area (Å²) in [6, 6.07) is 2.44. The number of rotatable bonds is 6. The van der Waals surface area contributed by atoms with Crippen molar-refractivity contribution in [3.05, 3.63) is 0 Å². The Hall–Kier alpha value is -2.05. The molecule has 2 amide bonds. The highest BCUT2D eigenvalue weighted by Crippen LogP contribution is 2.23. The topological polar surface area (TPSA) is 89.3 Å². The molecule has 0 bridgehead atoms. The summed E-state index contributed by atoms with van der Waals surface area (Å²) in [4.78, 5) is 32.3. The molecule has 9 heteroatoms. The van der Waals surface area contributed by atoms with Gasteiger partial charge in [0, 0.05) is 57.9 Å². The van der Waals surface area contributed by atoms with E-state index in [1.54, 1.807) is 9.80 Å². The first-order valence-electron chi connectivity index (χ1n) is 11.3. The molecule has 0 spiro atoms. The van der Waals surface area contributed by atoms with Crippen LogP contribution in [0.3, 0.4) is 0 Å². The zero-order valence-corrected chi connectivity index (χ0v) is 20.0. The second-order valence-electron chi connectivity index (χ2n) is 9.44. The van der Waals surface area contributed by atoms with Crippen molar-refractivity contribution in [3.63, 3.8) is 0 Å². The standard InChI is InChI=1S/C22H39N5O4/c1-17(2)26-13-14-27(19(15-23)16-26)21(29)31-22(4,5)8-7-18(3)24-9-11-25(12-10-24)20(28)30-6/h17-19H,7-14,16H2,1-6H3/t18?,19-/m0/s1. The van der Waals surface area contributed by atoms with Gasteiger partial charge in [0.1, 0.15) is 11.6 Å². The quantitative estimate of drug-likeness (QED) is 0.630. The van der Waals surface area contributed by atoms with Crippen molar-refractivity contribution in [3.8, 4) is 6.07 Å². The molecule has 0 aromatic heterocycles. The molecule has 2 aliphatic rings. The molecule has 2 aliphatic heterocycles. The van der Waals surface area contributed by atoms with Crippen LogP contribution in [0, 0.1) is 11.3 Å². The van der Waals surface area contributed by atoms with Crippen LogP contribution >= 0.6 is 0 Å². The highest BCUT2D eigenvalue weighted by Gasteiger charge is 2.35. The molecule has 176 valence electrons. The van der Waals surface area contributed by atoms with Crippen molar-refractivity contribution >= 4 is 12.2 Å². The van der Waals surface area contributed by atoms with Crippen LogP contribution in [0.5, 0.6) is 0 Å². The third-order valence-electron chi connectivity index (χ3n) is 6.42. The minimum Gasteiger partial charge on any atom is -0.453 e. The number of amides is 2. The summed E-state index contributed by atoms with van der Waals surface area (Å²) in [6.45, 7) is 15.0. The Morgan fingerprint density at radius 2 is 1.65 bits per heavy atom. The number of piperazine rings is 2. The molecular weight excluding hydrogens is 398 g/mol. The molecule has 0 radical (unpaired) electrons. The fraction of sp³-hybridized carbons (Fsp3) is 0.864. The summed E-state index contributed by atoms with van der Waals surface area (Å²) in [5, 5.41) is 9.53. The van der Waals surface area contributed by atoms with Crippen LogP contribution in [0.2, 0.25) is 0 Å². The molecular formula is C22H39N5O4. The second-order valence-corrected chi connectivity index (χ2v) is 9.44. The van der Waals surface area contributed by atoms with Crippen molar-refractivity contribution in [1.82, 2.24) is 19.6 Å². The average molecular weight is 438 g/mol. The van der Waals surface area contributed by atoms with Gasteiger partial charge in [0.2, 0.25) is 0 Å². The number of hydrogen-bond donors (Lipinski definition) is 0. The molecule has 2 fully saturated rings. The van der Waals surface area contributed by atoms with E-state index >= 15 is 0 Å². The molecule has 9 nitrogen and oxygen atoms in total.